The zero-order valence-corrected chi connectivity index (χ0v) is 7.91. The van der Waals surface area contributed by atoms with E-state index >= 15 is 0 Å². The second-order valence-corrected chi connectivity index (χ2v) is 3.92. The van der Waals surface area contributed by atoms with E-state index in [1.54, 1.807) is 0 Å². The first-order valence-corrected chi connectivity index (χ1v) is 4.70. The molecule has 2 bridgehead atoms. The van der Waals surface area contributed by atoms with Crippen LogP contribution in [-0.2, 0) is 9.47 Å². The average Bonchev–Trinajstić information content (AvgIpc) is 2.41. The topological polar surface area (TPSA) is 18.5 Å². The van der Waals surface area contributed by atoms with Crippen molar-refractivity contribution in [3.63, 3.8) is 0 Å². The van der Waals surface area contributed by atoms with Gasteiger partial charge in [0.05, 0.1) is 17.8 Å². The molecule has 0 N–H and O–H groups in total. The highest BCUT2D eigenvalue weighted by Crippen LogP contribution is 2.49. The van der Waals surface area contributed by atoms with Crippen molar-refractivity contribution < 1.29 is 9.47 Å². The molecule has 0 saturated carbocycles. The van der Waals surface area contributed by atoms with Crippen molar-refractivity contribution in [3.05, 3.63) is 0 Å². The molecule has 2 aliphatic heterocycles. The van der Waals surface area contributed by atoms with Crippen LogP contribution in [0.15, 0.2) is 0 Å². The van der Waals surface area contributed by atoms with Crippen molar-refractivity contribution in [2.24, 2.45) is 5.92 Å². The van der Waals surface area contributed by atoms with E-state index in [-0.39, 0.29) is 23.8 Å². The first-order chi connectivity index (χ1) is 5.62. The van der Waals surface area contributed by atoms with Gasteiger partial charge in [0.2, 0.25) is 0 Å². The smallest absolute Gasteiger partial charge is 0.112 e. The van der Waals surface area contributed by atoms with Crippen LogP contribution in [-0.4, -0.2) is 31.7 Å². The van der Waals surface area contributed by atoms with E-state index in [1.165, 1.54) is 0 Å². The van der Waals surface area contributed by atoms with Gasteiger partial charge in [0.25, 0.3) is 0 Å². The molecule has 5 atom stereocenters. The molecule has 0 aromatic carbocycles. The zero-order chi connectivity index (χ0) is 8.93. The summed E-state index contributed by atoms with van der Waals surface area (Å²) in [6.07, 6.45) is 1.29. The maximum Gasteiger partial charge on any atom is 0.112 e. The van der Waals surface area contributed by atoms with Gasteiger partial charge in [0.15, 0.2) is 0 Å². The lowest BCUT2D eigenvalue weighted by molar-refractivity contribution is -0.156. The summed E-state index contributed by atoms with van der Waals surface area (Å²) in [5, 5.41) is 0. The van der Waals surface area contributed by atoms with Gasteiger partial charge in [-0.2, -0.15) is 0 Å². The van der Waals surface area contributed by atoms with Gasteiger partial charge in [0.1, 0.15) is 7.85 Å². The highest BCUT2D eigenvalue weighted by Gasteiger charge is 2.60. The summed E-state index contributed by atoms with van der Waals surface area (Å²) in [7, 11) is 5.79. The van der Waals surface area contributed by atoms with Crippen LogP contribution in [0, 0.1) is 5.92 Å². The van der Waals surface area contributed by atoms with Crippen LogP contribution in [0.1, 0.15) is 27.2 Å². The quantitative estimate of drug-likeness (QED) is 0.542. The third-order valence-electron chi connectivity index (χ3n) is 3.54. The van der Waals surface area contributed by atoms with Crippen molar-refractivity contribution in [2.45, 2.75) is 51.0 Å². The Labute approximate surface area is 75.0 Å². The maximum absolute atomic E-state index is 5.79. The largest absolute Gasteiger partial charge is 0.376 e. The van der Waals surface area contributed by atoms with E-state index in [2.05, 4.69) is 20.8 Å². The molecule has 12 heavy (non-hydrogen) atoms. The fraction of sp³-hybridized carbons (Fsp3) is 1.00. The molecule has 2 nitrogen and oxygen atoms in total. The first-order valence-electron chi connectivity index (χ1n) is 4.70. The van der Waals surface area contributed by atoms with Gasteiger partial charge < -0.3 is 9.47 Å². The highest BCUT2D eigenvalue weighted by atomic mass is 16.6. The van der Waals surface area contributed by atoms with Crippen molar-refractivity contribution in [1.29, 1.82) is 0 Å². The molecular formula is C9H15BO2. The van der Waals surface area contributed by atoms with Crippen molar-refractivity contribution in [1.82, 2.24) is 0 Å². The molecule has 0 spiro atoms. The standard InChI is InChI=1S/C9H15BO2/c1-4-9-5(2)7(8(10)12-9)11-6(9)3/h5-8H,4H2,1-3H3/t5-,6-,7?,8-,9-/m1/s1. The minimum atomic E-state index is -0.212. The molecule has 2 saturated heterocycles. The summed E-state index contributed by atoms with van der Waals surface area (Å²) in [5.41, 5.74) is -0.107. The second kappa shape index (κ2) is 2.49. The van der Waals surface area contributed by atoms with Gasteiger partial charge in [-0.05, 0) is 13.3 Å². The summed E-state index contributed by atoms with van der Waals surface area (Å²) in [6, 6.07) is -0.212. The molecule has 0 aliphatic carbocycles. The summed E-state index contributed by atoms with van der Waals surface area (Å²) in [4.78, 5) is 0. The van der Waals surface area contributed by atoms with Crippen LogP contribution in [0.5, 0.6) is 0 Å². The Morgan fingerprint density at radius 3 is 2.42 bits per heavy atom. The molecule has 1 unspecified atom stereocenters. The Kier molecular flexibility index (Phi) is 1.78. The molecule has 0 aromatic heterocycles. The van der Waals surface area contributed by atoms with Gasteiger partial charge in [-0.15, -0.1) is 0 Å². The third kappa shape index (κ3) is 0.788. The van der Waals surface area contributed by atoms with Crippen LogP contribution >= 0.6 is 0 Å². The molecule has 2 heterocycles. The molecule has 2 aliphatic rings. The minimum absolute atomic E-state index is 0.107. The number of rotatable bonds is 1. The van der Waals surface area contributed by atoms with Gasteiger partial charge in [-0.3, -0.25) is 0 Å². The van der Waals surface area contributed by atoms with Gasteiger partial charge in [-0.25, -0.2) is 0 Å². The summed E-state index contributed by atoms with van der Waals surface area (Å²) in [5.74, 6) is 0.437. The van der Waals surface area contributed by atoms with Crippen LogP contribution in [0.3, 0.4) is 0 Å². The van der Waals surface area contributed by atoms with Crippen molar-refractivity contribution in [2.75, 3.05) is 0 Å². The van der Waals surface area contributed by atoms with Gasteiger partial charge in [-0.1, -0.05) is 13.8 Å². The van der Waals surface area contributed by atoms with Crippen LogP contribution < -0.4 is 0 Å². The predicted molar refractivity (Wildman–Crippen MR) is 47.1 cm³/mol. The molecule has 0 amide bonds. The molecule has 2 rings (SSSR count). The van der Waals surface area contributed by atoms with E-state index in [0.29, 0.717) is 5.92 Å². The van der Waals surface area contributed by atoms with E-state index < -0.39 is 0 Å². The van der Waals surface area contributed by atoms with E-state index in [1.807, 2.05) is 0 Å². The normalized spacial score (nSPS) is 57.9. The second-order valence-electron chi connectivity index (χ2n) is 3.92. The lowest BCUT2D eigenvalue weighted by atomic mass is 9.82. The highest BCUT2D eigenvalue weighted by molar-refractivity contribution is 6.11. The molecule has 66 valence electrons. The summed E-state index contributed by atoms with van der Waals surface area (Å²) < 4.78 is 11.5. The Morgan fingerprint density at radius 1 is 1.42 bits per heavy atom. The lowest BCUT2D eigenvalue weighted by Gasteiger charge is -2.35. The number of hydrogen-bond donors (Lipinski definition) is 0. The molecule has 2 radical (unpaired) electrons. The Balaban J connectivity index is 2.30. The van der Waals surface area contributed by atoms with Crippen LogP contribution in [0.2, 0.25) is 0 Å². The Bertz CT molecular complexity index is 197. The Morgan fingerprint density at radius 2 is 2.08 bits per heavy atom. The monoisotopic (exact) mass is 166 g/mol. The van der Waals surface area contributed by atoms with E-state index in [0.717, 1.165) is 6.42 Å². The Hall–Kier alpha value is -0.0151. The van der Waals surface area contributed by atoms with Crippen LogP contribution in [0.25, 0.3) is 0 Å². The average molecular weight is 166 g/mol. The predicted octanol–water partition coefficient (Wildman–Crippen LogP) is 1.08. The fourth-order valence-corrected chi connectivity index (χ4v) is 2.70. The van der Waals surface area contributed by atoms with Gasteiger partial charge >= 0.3 is 0 Å². The maximum atomic E-state index is 5.79. The third-order valence-corrected chi connectivity index (χ3v) is 3.54. The molecule has 2 fully saturated rings. The zero-order valence-electron chi connectivity index (χ0n) is 7.91. The van der Waals surface area contributed by atoms with E-state index in [9.17, 15) is 0 Å². The molecule has 0 aromatic rings. The van der Waals surface area contributed by atoms with Crippen molar-refractivity contribution >= 4 is 7.85 Å². The number of fused-ring (bicyclic) bond motifs is 2. The molecule has 3 heteroatoms. The van der Waals surface area contributed by atoms with E-state index in [4.69, 9.17) is 17.3 Å². The first kappa shape index (κ1) is 8.58. The lowest BCUT2D eigenvalue weighted by Crippen LogP contribution is -2.44. The SMILES string of the molecule is [B][C@@H]1O[C@]2(CC)[C@H](C)C1O[C@@H]2C. The fourth-order valence-electron chi connectivity index (χ4n) is 2.70. The molecular weight excluding hydrogens is 151 g/mol. The minimum Gasteiger partial charge on any atom is -0.376 e. The van der Waals surface area contributed by atoms with Crippen LogP contribution in [0.4, 0.5) is 0 Å². The summed E-state index contributed by atoms with van der Waals surface area (Å²) >= 11 is 0. The van der Waals surface area contributed by atoms with Crippen molar-refractivity contribution in [3.8, 4) is 0 Å². The van der Waals surface area contributed by atoms with Gasteiger partial charge in [0, 0.05) is 11.9 Å². The summed E-state index contributed by atoms with van der Waals surface area (Å²) in [6.45, 7) is 6.38. The number of hydrogen-bond acceptors (Lipinski definition) is 2. The number of ether oxygens (including phenoxy) is 2.